The van der Waals surface area contributed by atoms with Gasteiger partial charge in [-0.3, -0.25) is 0 Å². The van der Waals surface area contributed by atoms with E-state index in [0.29, 0.717) is 0 Å². The summed E-state index contributed by atoms with van der Waals surface area (Å²) in [4.78, 5) is 0. The van der Waals surface area contributed by atoms with Crippen molar-refractivity contribution in [3.8, 4) is 66.8 Å². The minimum absolute atomic E-state index is 0.0137. The van der Waals surface area contributed by atoms with Gasteiger partial charge in [0, 0.05) is 10.8 Å². The zero-order chi connectivity index (χ0) is 33.5. The normalized spacial score (nSPS) is 15.1. The van der Waals surface area contributed by atoms with E-state index in [2.05, 4.69) is 173 Å². The molecule has 0 heteroatoms. The number of rotatable bonds is 2. The Balaban J connectivity index is 1.06. The first kappa shape index (κ1) is 28.2. The maximum Gasteiger partial charge on any atom is 0.0159 e. The van der Waals surface area contributed by atoms with Crippen molar-refractivity contribution in [3.05, 3.63) is 168 Å². The van der Waals surface area contributed by atoms with Gasteiger partial charge in [-0.2, -0.15) is 0 Å². The molecule has 0 spiro atoms. The Hall–Kier alpha value is -5.72. The molecular weight excluding hydrogens is 601 g/mol. The van der Waals surface area contributed by atoms with Crippen LogP contribution in [0.2, 0.25) is 0 Å². The Bertz CT molecular complexity index is 2800. The molecule has 0 N–H and O–H groups in total. The van der Waals surface area contributed by atoms with Gasteiger partial charge in [-0.15, -0.1) is 0 Å². The summed E-state index contributed by atoms with van der Waals surface area (Å²) in [5.41, 5.74) is 21.6. The number of hydrogen-bond acceptors (Lipinski definition) is 0. The van der Waals surface area contributed by atoms with Crippen LogP contribution in [-0.2, 0) is 10.8 Å². The van der Waals surface area contributed by atoms with E-state index in [1.54, 1.807) is 0 Å². The van der Waals surface area contributed by atoms with Gasteiger partial charge in [-0.05, 0) is 129 Å². The number of hydrogen-bond donors (Lipinski definition) is 0. The van der Waals surface area contributed by atoms with Crippen LogP contribution in [0.15, 0.2) is 146 Å². The van der Waals surface area contributed by atoms with Crippen LogP contribution >= 0.6 is 0 Å². The lowest BCUT2D eigenvalue weighted by atomic mass is 9.79. The summed E-state index contributed by atoms with van der Waals surface area (Å²) < 4.78 is 0. The molecule has 0 amide bonds. The second-order valence-electron chi connectivity index (χ2n) is 15.6. The average Bonchev–Trinajstić information content (AvgIpc) is 3.69. The molecule has 0 radical (unpaired) electrons. The third kappa shape index (κ3) is 3.46. The number of fused-ring (bicyclic) bond motifs is 11. The van der Waals surface area contributed by atoms with E-state index in [1.165, 1.54) is 111 Å². The molecule has 3 aliphatic rings. The molecule has 236 valence electrons. The van der Waals surface area contributed by atoms with Gasteiger partial charge in [0.15, 0.2) is 0 Å². The maximum absolute atomic E-state index is 2.50. The van der Waals surface area contributed by atoms with Crippen LogP contribution in [-0.4, -0.2) is 0 Å². The molecule has 50 heavy (non-hydrogen) atoms. The predicted octanol–water partition coefficient (Wildman–Crippen LogP) is 13.6. The van der Waals surface area contributed by atoms with E-state index in [4.69, 9.17) is 0 Å². The molecule has 0 aliphatic heterocycles. The fourth-order valence-corrected chi connectivity index (χ4v) is 9.94. The van der Waals surface area contributed by atoms with Gasteiger partial charge < -0.3 is 0 Å². The van der Waals surface area contributed by atoms with Crippen LogP contribution in [0.1, 0.15) is 49.9 Å². The largest absolute Gasteiger partial charge is 0.0619 e. The summed E-state index contributed by atoms with van der Waals surface area (Å²) in [5.74, 6) is 0. The fraction of sp³-hybridized carbons (Fsp3) is 0.120. The molecule has 8 aromatic rings. The average molecular weight is 637 g/mol. The Labute approximate surface area is 293 Å². The van der Waals surface area contributed by atoms with Gasteiger partial charge in [0.2, 0.25) is 0 Å². The smallest absolute Gasteiger partial charge is 0.0159 e. The third-order valence-electron chi connectivity index (χ3n) is 12.4. The summed E-state index contributed by atoms with van der Waals surface area (Å²) in [5, 5.41) is 5.38. The van der Waals surface area contributed by atoms with Gasteiger partial charge in [0.1, 0.15) is 0 Å². The van der Waals surface area contributed by atoms with Crippen molar-refractivity contribution in [3.63, 3.8) is 0 Å². The van der Waals surface area contributed by atoms with Crippen molar-refractivity contribution in [2.75, 3.05) is 0 Å². The lowest BCUT2D eigenvalue weighted by Gasteiger charge is -2.24. The molecule has 0 saturated heterocycles. The van der Waals surface area contributed by atoms with Gasteiger partial charge in [0.05, 0.1) is 0 Å². The molecule has 8 aromatic carbocycles. The summed E-state index contributed by atoms with van der Waals surface area (Å²) in [7, 11) is 0. The molecular formula is C50H36. The van der Waals surface area contributed by atoms with Crippen molar-refractivity contribution in [1.82, 2.24) is 0 Å². The van der Waals surface area contributed by atoms with E-state index in [0.717, 1.165) is 0 Å². The van der Waals surface area contributed by atoms with Gasteiger partial charge >= 0.3 is 0 Å². The van der Waals surface area contributed by atoms with E-state index >= 15 is 0 Å². The highest BCUT2D eigenvalue weighted by molar-refractivity contribution is 6.29. The predicted molar refractivity (Wildman–Crippen MR) is 212 cm³/mol. The van der Waals surface area contributed by atoms with Crippen LogP contribution in [0.25, 0.3) is 88.3 Å². The lowest BCUT2D eigenvalue weighted by molar-refractivity contribution is 0.659. The molecule has 0 saturated carbocycles. The van der Waals surface area contributed by atoms with E-state index in [1.807, 2.05) is 0 Å². The molecule has 0 aromatic heterocycles. The van der Waals surface area contributed by atoms with Gasteiger partial charge in [-0.25, -0.2) is 0 Å². The second-order valence-corrected chi connectivity index (χ2v) is 15.6. The molecule has 0 atom stereocenters. The van der Waals surface area contributed by atoms with Crippen LogP contribution in [0.4, 0.5) is 0 Å². The quantitative estimate of drug-likeness (QED) is 0.166. The van der Waals surface area contributed by atoms with Crippen molar-refractivity contribution >= 4 is 21.5 Å². The van der Waals surface area contributed by atoms with Crippen molar-refractivity contribution < 1.29 is 0 Å². The number of benzene rings is 8. The first-order chi connectivity index (χ1) is 24.3. The van der Waals surface area contributed by atoms with E-state index in [-0.39, 0.29) is 10.8 Å². The summed E-state index contributed by atoms with van der Waals surface area (Å²) in [6.45, 7) is 9.56. The highest BCUT2D eigenvalue weighted by atomic mass is 14.4. The fourth-order valence-electron chi connectivity index (χ4n) is 9.94. The molecule has 0 fully saturated rings. The minimum Gasteiger partial charge on any atom is -0.0619 e. The van der Waals surface area contributed by atoms with Gasteiger partial charge in [-0.1, -0.05) is 155 Å². The Morgan fingerprint density at radius 3 is 1.40 bits per heavy atom. The zero-order valence-corrected chi connectivity index (χ0v) is 28.9. The first-order valence-electron chi connectivity index (χ1n) is 17.9. The van der Waals surface area contributed by atoms with E-state index in [9.17, 15) is 0 Å². The second kappa shape index (κ2) is 9.49. The monoisotopic (exact) mass is 636 g/mol. The maximum atomic E-state index is 2.50. The minimum atomic E-state index is -0.135. The Morgan fingerprint density at radius 2 is 0.740 bits per heavy atom. The van der Waals surface area contributed by atoms with Crippen LogP contribution in [0, 0.1) is 0 Å². The highest BCUT2D eigenvalue weighted by Gasteiger charge is 2.38. The molecule has 0 heterocycles. The molecule has 11 rings (SSSR count). The van der Waals surface area contributed by atoms with Crippen molar-refractivity contribution in [2.24, 2.45) is 0 Å². The third-order valence-corrected chi connectivity index (χ3v) is 12.4. The summed E-state index contributed by atoms with van der Waals surface area (Å²) in [6.07, 6.45) is 0. The standard InChI is InChI=1S/C50H36/c1-49(2)42-19-10-9-13-33(42)34-23-20-29(26-43(34)49)30-21-24-35-36-25-22-31(28-45(36)50(3,4)44(35)27-30)46-39-15-7-8-16-40(39)47-37-14-6-5-12-32(37)38-17-11-18-41(46)48(38)47/h5-28H,1-4H3. The zero-order valence-electron chi connectivity index (χ0n) is 28.9. The van der Waals surface area contributed by atoms with E-state index < -0.39 is 0 Å². The molecule has 0 bridgehead atoms. The first-order valence-corrected chi connectivity index (χ1v) is 17.9. The lowest BCUT2D eigenvalue weighted by Crippen LogP contribution is -2.15. The SMILES string of the molecule is CC1(C)c2ccccc2-c2ccc(-c3ccc4c(c3)C(C)(C)c3cc(-c5c6ccccc6c6c7c(cccc57)-c5ccccc5-6)ccc3-4)cc21. The van der Waals surface area contributed by atoms with Crippen molar-refractivity contribution in [1.29, 1.82) is 0 Å². The van der Waals surface area contributed by atoms with Gasteiger partial charge in [0.25, 0.3) is 0 Å². The topological polar surface area (TPSA) is 0 Å². The highest BCUT2D eigenvalue weighted by Crippen LogP contribution is 2.56. The Kier molecular flexibility index (Phi) is 5.34. The summed E-state index contributed by atoms with van der Waals surface area (Å²) in [6, 6.07) is 55.3. The van der Waals surface area contributed by atoms with Crippen LogP contribution in [0.5, 0.6) is 0 Å². The summed E-state index contributed by atoms with van der Waals surface area (Å²) >= 11 is 0. The molecule has 3 aliphatic carbocycles. The Morgan fingerprint density at radius 1 is 0.300 bits per heavy atom. The molecule has 0 nitrogen and oxygen atoms in total. The van der Waals surface area contributed by atoms with Crippen LogP contribution in [0.3, 0.4) is 0 Å². The molecule has 0 unspecified atom stereocenters. The van der Waals surface area contributed by atoms with Crippen molar-refractivity contribution in [2.45, 2.75) is 38.5 Å². The van der Waals surface area contributed by atoms with Crippen LogP contribution < -0.4 is 0 Å².